The first kappa shape index (κ1) is 14.9. The number of rotatable bonds is 1. The van der Waals surface area contributed by atoms with Gasteiger partial charge < -0.3 is 0 Å². The molecule has 0 aliphatic carbocycles. The van der Waals surface area contributed by atoms with E-state index < -0.39 is 49.3 Å². The summed E-state index contributed by atoms with van der Waals surface area (Å²) in [6.45, 7) is 3.88. The maximum atomic E-state index is 13.6. The molecule has 0 bridgehead atoms. The van der Waals surface area contributed by atoms with Crippen molar-refractivity contribution in [1.82, 2.24) is 0 Å². The van der Waals surface area contributed by atoms with Crippen LogP contribution in [0.4, 0.5) is 17.6 Å². The number of halogens is 4. The minimum absolute atomic E-state index is 0.926. The molecule has 0 heterocycles. The highest BCUT2D eigenvalue weighted by Gasteiger charge is 2.35. The van der Waals surface area contributed by atoms with E-state index in [1.54, 1.807) is 0 Å². The monoisotopic (exact) mass is 286 g/mol. The van der Waals surface area contributed by atoms with Crippen LogP contribution in [0.3, 0.4) is 0 Å². The standard InChI is InChI=1S/C10H10F4O3S/c1-10(2,3)4-5(11)7(13)9(18(15,16)17)8(14)6(4)12/h1-3H3,(H,15,16,17). The van der Waals surface area contributed by atoms with Crippen molar-refractivity contribution in [3.8, 4) is 0 Å². The van der Waals surface area contributed by atoms with E-state index in [1.165, 1.54) is 20.8 Å². The van der Waals surface area contributed by atoms with Crippen molar-refractivity contribution in [2.75, 3.05) is 0 Å². The van der Waals surface area contributed by atoms with Crippen LogP contribution in [0.5, 0.6) is 0 Å². The Morgan fingerprint density at radius 3 is 1.44 bits per heavy atom. The lowest BCUT2D eigenvalue weighted by Crippen LogP contribution is -2.21. The summed E-state index contributed by atoms with van der Waals surface area (Å²) in [6, 6.07) is 0. The molecular formula is C10H10F4O3S. The predicted octanol–water partition coefficient (Wildman–Crippen LogP) is 2.79. The smallest absolute Gasteiger partial charge is 0.282 e. The first-order valence-electron chi connectivity index (χ1n) is 4.73. The number of hydrogen-bond donors (Lipinski definition) is 1. The summed E-state index contributed by atoms with van der Waals surface area (Å²) in [5.41, 5.74) is -2.21. The van der Waals surface area contributed by atoms with Crippen LogP contribution in [-0.4, -0.2) is 13.0 Å². The fourth-order valence-electron chi connectivity index (χ4n) is 1.50. The summed E-state index contributed by atoms with van der Waals surface area (Å²) in [7, 11) is -5.40. The lowest BCUT2D eigenvalue weighted by Gasteiger charge is -2.21. The van der Waals surface area contributed by atoms with Gasteiger partial charge in [0.2, 0.25) is 0 Å². The molecule has 8 heteroatoms. The molecule has 0 spiro atoms. The Hall–Kier alpha value is -1.15. The molecule has 0 aliphatic heterocycles. The second-order valence-electron chi connectivity index (χ2n) is 4.69. The average Bonchev–Trinajstić information content (AvgIpc) is 2.10. The molecule has 0 aromatic heterocycles. The Kier molecular flexibility index (Phi) is 3.48. The van der Waals surface area contributed by atoms with Crippen molar-refractivity contribution in [1.29, 1.82) is 0 Å². The first-order chi connectivity index (χ1) is 7.89. The maximum absolute atomic E-state index is 13.6. The van der Waals surface area contributed by atoms with Gasteiger partial charge in [-0.1, -0.05) is 20.8 Å². The number of hydrogen-bond acceptors (Lipinski definition) is 2. The van der Waals surface area contributed by atoms with E-state index in [1.807, 2.05) is 0 Å². The summed E-state index contributed by atoms with van der Waals surface area (Å²) in [6.07, 6.45) is 0. The molecule has 102 valence electrons. The van der Waals surface area contributed by atoms with Crippen LogP contribution in [0, 0.1) is 23.3 Å². The zero-order chi connectivity index (χ0) is 14.5. The van der Waals surface area contributed by atoms with Crippen molar-refractivity contribution in [3.63, 3.8) is 0 Å². The average molecular weight is 286 g/mol. The van der Waals surface area contributed by atoms with Gasteiger partial charge in [0.05, 0.1) is 0 Å². The van der Waals surface area contributed by atoms with Crippen LogP contribution in [0.25, 0.3) is 0 Å². The minimum Gasteiger partial charge on any atom is -0.282 e. The molecule has 1 aromatic carbocycles. The molecule has 1 rings (SSSR count). The molecule has 1 N–H and O–H groups in total. The van der Waals surface area contributed by atoms with Crippen LogP contribution >= 0.6 is 0 Å². The summed E-state index contributed by atoms with van der Waals surface area (Å²) in [5, 5.41) is 0. The van der Waals surface area contributed by atoms with E-state index in [2.05, 4.69) is 0 Å². The lowest BCUT2D eigenvalue weighted by molar-refractivity contribution is 0.373. The zero-order valence-corrected chi connectivity index (χ0v) is 10.5. The van der Waals surface area contributed by atoms with E-state index in [0.717, 1.165) is 0 Å². The van der Waals surface area contributed by atoms with Crippen LogP contribution in [-0.2, 0) is 15.5 Å². The van der Waals surface area contributed by atoms with Gasteiger partial charge in [0, 0.05) is 5.56 Å². The van der Waals surface area contributed by atoms with E-state index in [0.29, 0.717) is 0 Å². The largest absolute Gasteiger partial charge is 0.300 e. The van der Waals surface area contributed by atoms with Gasteiger partial charge in [0.15, 0.2) is 28.2 Å². The zero-order valence-electron chi connectivity index (χ0n) is 9.68. The highest BCUT2D eigenvalue weighted by atomic mass is 32.2. The molecule has 0 aliphatic rings. The summed E-state index contributed by atoms with van der Waals surface area (Å²) in [5.74, 6) is -7.95. The third-order valence-electron chi connectivity index (χ3n) is 2.23. The second-order valence-corrected chi connectivity index (χ2v) is 6.04. The molecule has 18 heavy (non-hydrogen) atoms. The minimum atomic E-state index is -5.40. The topological polar surface area (TPSA) is 54.4 Å². The first-order valence-corrected chi connectivity index (χ1v) is 6.17. The van der Waals surface area contributed by atoms with Crippen molar-refractivity contribution >= 4 is 10.1 Å². The SMILES string of the molecule is CC(C)(C)c1c(F)c(F)c(S(=O)(=O)O)c(F)c1F. The molecule has 3 nitrogen and oxygen atoms in total. The van der Waals surface area contributed by atoms with E-state index in [-0.39, 0.29) is 0 Å². The maximum Gasteiger partial charge on any atom is 0.300 e. The van der Waals surface area contributed by atoms with Gasteiger partial charge in [-0.2, -0.15) is 8.42 Å². The van der Waals surface area contributed by atoms with Gasteiger partial charge in [0.25, 0.3) is 0 Å². The molecule has 0 saturated heterocycles. The van der Waals surface area contributed by atoms with Gasteiger partial charge in [-0.15, -0.1) is 0 Å². The van der Waals surface area contributed by atoms with E-state index in [9.17, 15) is 26.0 Å². The Morgan fingerprint density at radius 2 is 1.22 bits per heavy atom. The molecular weight excluding hydrogens is 276 g/mol. The quantitative estimate of drug-likeness (QED) is 0.490. The summed E-state index contributed by atoms with van der Waals surface area (Å²) in [4.78, 5) is -2.02. The third-order valence-corrected chi connectivity index (χ3v) is 3.11. The molecule has 0 fully saturated rings. The third kappa shape index (κ3) is 2.35. The Labute approximate surface area is 101 Å². The van der Waals surface area contributed by atoms with Crippen LogP contribution in [0.1, 0.15) is 26.3 Å². The normalized spacial score (nSPS) is 12.9. The molecule has 0 amide bonds. The highest BCUT2D eigenvalue weighted by Crippen LogP contribution is 2.34. The van der Waals surface area contributed by atoms with Gasteiger partial charge in [-0.25, -0.2) is 17.6 Å². The fraction of sp³-hybridized carbons (Fsp3) is 0.400. The van der Waals surface area contributed by atoms with Crippen LogP contribution in [0.15, 0.2) is 4.90 Å². The summed E-state index contributed by atoms with van der Waals surface area (Å²) >= 11 is 0. The predicted molar refractivity (Wildman–Crippen MR) is 54.8 cm³/mol. The van der Waals surface area contributed by atoms with Crippen LogP contribution in [0.2, 0.25) is 0 Å². The molecule has 0 saturated carbocycles. The number of benzene rings is 1. The molecule has 0 radical (unpaired) electrons. The van der Waals surface area contributed by atoms with Gasteiger partial charge in [-0.05, 0) is 5.41 Å². The summed E-state index contributed by atoms with van der Waals surface area (Å²) < 4.78 is 83.9. The van der Waals surface area contributed by atoms with Crippen molar-refractivity contribution < 1.29 is 30.5 Å². The van der Waals surface area contributed by atoms with E-state index >= 15 is 0 Å². The van der Waals surface area contributed by atoms with Crippen molar-refractivity contribution in [2.24, 2.45) is 0 Å². The molecule has 0 unspecified atom stereocenters. The van der Waals surface area contributed by atoms with Crippen molar-refractivity contribution in [2.45, 2.75) is 31.1 Å². The Bertz CT molecular complexity index is 574. The lowest BCUT2D eigenvalue weighted by atomic mass is 9.86. The molecule has 1 aromatic rings. The molecule has 0 atom stereocenters. The van der Waals surface area contributed by atoms with E-state index in [4.69, 9.17) is 4.55 Å². The van der Waals surface area contributed by atoms with Crippen molar-refractivity contribution in [3.05, 3.63) is 28.8 Å². The highest BCUT2D eigenvalue weighted by molar-refractivity contribution is 7.85. The fourth-order valence-corrected chi connectivity index (χ4v) is 2.13. The Morgan fingerprint density at radius 1 is 0.889 bits per heavy atom. The van der Waals surface area contributed by atoms with Gasteiger partial charge in [-0.3, -0.25) is 4.55 Å². The Balaban J connectivity index is 3.90. The second kappa shape index (κ2) is 4.20. The van der Waals surface area contributed by atoms with Gasteiger partial charge in [0.1, 0.15) is 0 Å². The van der Waals surface area contributed by atoms with Crippen LogP contribution < -0.4 is 0 Å². The van der Waals surface area contributed by atoms with Gasteiger partial charge >= 0.3 is 10.1 Å².